The second kappa shape index (κ2) is 7.57. The lowest BCUT2D eigenvalue weighted by molar-refractivity contribution is 0.102. The Morgan fingerprint density at radius 3 is 2.76 bits per heavy atom. The van der Waals surface area contributed by atoms with E-state index in [4.69, 9.17) is 4.74 Å². The maximum atomic E-state index is 12.6. The number of aromatic amines is 1. The van der Waals surface area contributed by atoms with E-state index < -0.39 is 0 Å². The number of rotatable bonds is 6. The second-order valence-electron chi connectivity index (χ2n) is 5.53. The molecular formula is C18H19N5O2. The Morgan fingerprint density at radius 1 is 1.24 bits per heavy atom. The fourth-order valence-electron chi connectivity index (χ4n) is 2.28. The highest BCUT2D eigenvalue weighted by atomic mass is 16.5. The first-order valence-electron chi connectivity index (χ1n) is 8.00. The van der Waals surface area contributed by atoms with Crippen LogP contribution in [0.15, 0.2) is 42.7 Å². The van der Waals surface area contributed by atoms with Gasteiger partial charge in [0.2, 0.25) is 0 Å². The third-order valence-electron chi connectivity index (χ3n) is 3.58. The summed E-state index contributed by atoms with van der Waals surface area (Å²) in [6.07, 6.45) is 4.00. The molecule has 0 aliphatic carbocycles. The molecule has 0 radical (unpaired) electrons. The van der Waals surface area contributed by atoms with Crippen molar-refractivity contribution in [3.05, 3.63) is 65.5 Å². The molecule has 2 heterocycles. The van der Waals surface area contributed by atoms with Crippen molar-refractivity contribution < 1.29 is 9.53 Å². The first kappa shape index (κ1) is 16.6. The number of ether oxygens (including phenoxy) is 1. The summed E-state index contributed by atoms with van der Waals surface area (Å²) in [6, 6.07) is 8.94. The summed E-state index contributed by atoms with van der Waals surface area (Å²) in [5.74, 6) is 1.61. The number of aryl methyl sites for hydroxylation is 2. The van der Waals surface area contributed by atoms with Gasteiger partial charge >= 0.3 is 0 Å². The highest BCUT2D eigenvalue weighted by molar-refractivity contribution is 6.06. The molecule has 0 aliphatic heterocycles. The molecule has 0 saturated heterocycles. The first-order valence-corrected chi connectivity index (χ1v) is 8.00. The molecule has 3 rings (SSSR count). The molecule has 1 amide bonds. The quantitative estimate of drug-likeness (QED) is 0.721. The van der Waals surface area contributed by atoms with Gasteiger partial charge in [0.05, 0.1) is 5.56 Å². The van der Waals surface area contributed by atoms with E-state index in [2.05, 4.69) is 25.5 Å². The van der Waals surface area contributed by atoms with Gasteiger partial charge in [-0.25, -0.2) is 4.98 Å². The third kappa shape index (κ3) is 4.20. The molecule has 0 unspecified atom stereocenters. The number of carbonyl (C=O) groups excluding carboxylic acids is 1. The zero-order chi connectivity index (χ0) is 17.6. The van der Waals surface area contributed by atoms with Gasteiger partial charge in [-0.2, -0.15) is 5.10 Å². The van der Waals surface area contributed by atoms with Crippen molar-refractivity contribution in [2.24, 2.45) is 0 Å². The first-order chi connectivity index (χ1) is 12.2. The third-order valence-corrected chi connectivity index (χ3v) is 3.58. The van der Waals surface area contributed by atoms with Crippen LogP contribution in [0.3, 0.4) is 0 Å². The van der Waals surface area contributed by atoms with Gasteiger partial charge in [-0.1, -0.05) is 18.6 Å². The van der Waals surface area contributed by atoms with Crippen LogP contribution in [-0.2, 0) is 13.0 Å². The van der Waals surface area contributed by atoms with E-state index in [9.17, 15) is 4.79 Å². The minimum Gasteiger partial charge on any atom is -0.485 e. The minimum atomic E-state index is -0.239. The van der Waals surface area contributed by atoms with Crippen molar-refractivity contribution in [3.63, 3.8) is 0 Å². The van der Waals surface area contributed by atoms with Crippen LogP contribution in [0.4, 0.5) is 5.69 Å². The number of hydrogen-bond donors (Lipinski definition) is 2. The Bertz CT molecular complexity index is 861. The van der Waals surface area contributed by atoms with Gasteiger partial charge in [-0.3, -0.25) is 14.9 Å². The molecule has 0 bridgehead atoms. The molecular weight excluding hydrogens is 318 g/mol. The number of aromatic nitrogens is 4. The van der Waals surface area contributed by atoms with Gasteiger partial charge in [0.25, 0.3) is 5.91 Å². The molecule has 3 aromatic rings. The highest BCUT2D eigenvalue weighted by Gasteiger charge is 2.14. The standard InChI is InChI=1S/C18H19N5O2/c1-3-16-21-17(23-22-16)11-25-15-5-4-12(2)10-14(15)18(24)20-13-6-8-19-9-7-13/h4-10H,3,11H2,1-2H3,(H,19,20,24)(H,21,22,23). The van der Waals surface area contributed by atoms with Gasteiger partial charge in [0, 0.05) is 24.5 Å². The summed E-state index contributed by atoms with van der Waals surface area (Å²) >= 11 is 0. The monoisotopic (exact) mass is 337 g/mol. The second-order valence-corrected chi connectivity index (χ2v) is 5.53. The fraction of sp³-hybridized carbons (Fsp3) is 0.222. The smallest absolute Gasteiger partial charge is 0.259 e. The van der Waals surface area contributed by atoms with E-state index in [1.165, 1.54) is 0 Å². The lowest BCUT2D eigenvalue weighted by atomic mass is 10.1. The van der Waals surface area contributed by atoms with Crippen molar-refractivity contribution in [2.45, 2.75) is 26.9 Å². The summed E-state index contributed by atoms with van der Waals surface area (Å²) < 4.78 is 5.79. The Labute approximate surface area is 145 Å². The summed E-state index contributed by atoms with van der Waals surface area (Å²) in [5, 5.41) is 9.75. The van der Waals surface area contributed by atoms with E-state index in [0.29, 0.717) is 22.8 Å². The lowest BCUT2D eigenvalue weighted by Crippen LogP contribution is -2.14. The molecule has 1 aromatic carbocycles. The Balaban J connectivity index is 1.76. The molecule has 0 aliphatic rings. The number of pyridine rings is 1. The lowest BCUT2D eigenvalue weighted by Gasteiger charge is -2.12. The molecule has 0 saturated carbocycles. The molecule has 7 heteroatoms. The summed E-state index contributed by atoms with van der Waals surface area (Å²) in [4.78, 5) is 20.8. The molecule has 128 valence electrons. The average molecular weight is 337 g/mol. The predicted octanol–water partition coefficient (Wildman–Crippen LogP) is 2.90. The number of nitrogens with one attached hydrogen (secondary N) is 2. The number of hydrogen-bond acceptors (Lipinski definition) is 5. The van der Waals surface area contributed by atoms with Crippen molar-refractivity contribution >= 4 is 11.6 Å². The highest BCUT2D eigenvalue weighted by Crippen LogP contribution is 2.22. The molecule has 25 heavy (non-hydrogen) atoms. The van der Waals surface area contributed by atoms with Crippen LogP contribution < -0.4 is 10.1 Å². The Morgan fingerprint density at radius 2 is 2.04 bits per heavy atom. The molecule has 0 atom stereocenters. The van der Waals surface area contributed by atoms with Crippen molar-refractivity contribution in [3.8, 4) is 5.75 Å². The number of anilines is 1. The molecule has 2 N–H and O–H groups in total. The maximum Gasteiger partial charge on any atom is 0.259 e. The number of H-pyrrole nitrogens is 1. The van der Waals surface area contributed by atoms with Crippen LogP contribution in [0.2, 0.25) is 0 Å². The van der Waals surface area contributed by atoms with Gasteiger partial charge < -0.3 is 10.1 Å². The molecule has 2 aromatic heterocycles. The number of amides is 1. The molecule has 0 spiro atoms. The van der Waals surface area contributed by atoms with E-state index in [-0.39, 0.29) is 12.5 Å². The fourth-order valence-corrected chi connectivity index (χ4v) is 2.28. The van der Waals surface area contributed by atoms with E-state index >= 15 is 0 Å². The van der Waals surface area contributed by atoms with E-state index in [0.717, 1.165) is 17.8 Å². The largest absolute Gasteiger partial charge is 0.485 e. The summed E-state index contributed by atoms with van der Waals surface area (Å²) in [6.45, 7) is 4.12. The van der Waals surface area contributed by atoms with Crippen molar-refractivity contribution in [1.29, 1.82) is 0 Å². The SMILES string of the molecule is CCc1n[nH]c(COc2ccc(C)cc2C(=O)Nc2ccncc2)n1. The Kier molecular flexibility index (Phi) is 5.03. The van der Waals surface area contributed by atoms with Gasteiger partial charge in [-0.15, -0.1) is 0 Å². The summed E-state index contributed by atoms with van der Waals surface area (Å²) in [5.41, 5.74) is 2.11. The number of benzene rings is 1. The van der Waals surface area contributed by atoms with Gasteiger partial charge in [0.1, 0.15) is 12.4 Å². The zero-order valence-corrected chi connectivity index (χ0v) is 14.1. The average Bonchev–Trinajstić information content (AvgIpc) is 3.09. The van der Waals surface area contributed by atoms with Gasteiger partial charge in [0.15, 0.2) is 11.6 Å². The topological polar surface area (TPSA) is 92.8 Å². The molecule has 0 fully saturated rings. The van der Waals surface area contributed by atoms with Crippen LogP contribution in [0.1, 0.15) is 34.5 Å². The minimum absolute atomic E-state index is 0.214. The predicted molar refractivity (Wildman–Crippen MR) is 93.5 cm³/mol. The maximum absolute atomic E-state index is 12.6. The summed E-state index contributed by atoms with van der Waals surface area (Å²) in [7, 11) is 0. The van der Waals surface area contributed by atoms with Gasteiger partial charge in [-0.05, 0) is 31.2 Å². The normalized spacial score (nSPS) is 10.5. The van der Waals surface area contributed by atoms with Crippen molar-refractivity contribution in [2.75, 3.05) is 5.32 Å². The number of carbonyl (C=O) groups is 1. The van der Waals surface area contributed by atoms with Crippen LogP contribution in [0.25, 0.3) is 0 Å². The van der Waals surface area contributed by atoms with Crippen LogP contribution in [-0.4, -0.2) is 26.1 Å². The Hall–Kier alpha value is -3.22. The van der Waals surface area contributed by atoms with Crippen LogP contribution >= 0.6 is 0 Å². The van der Waals surface area contributed by atoms with Crippen molar-refractivity contribution in [1.82, 2.24) is 20.2 Å². The number of nitrogens with zero attached hydrogens (tertiary/aromatic N) is 3. The van der Waals surface area contributed by atoms with Crippen LogP contribution in [0, 0.1) is 6.92 Å². The molecule has 7 nitrogen and oxygen atoms in total. The van der Waals surface area contributed by atoms with Crippen LogP contribution in [0.5, 0.6) is 5.75 Å². The van der Waals surface area contributed by atoms with E-state index in [1.807, 2.05) is 19.9 Å². The van der Waals surface area contributed by atoms with E-state index in [1.54, 1.807) is 36.7 Å². The zero-order valence-electron chi connectivity index (χ0n) is 14.1.